The number of hydrogen-bond acceptors (Lipinski definition) is 5. The van der Waals surface area contributed by atoms with Gasteiger partial charge in [-0.2, -0.15) is 0 Å². The molecule has 0 bridgehead atoms. The van der Waals surface area contributed by atoms with E-state index in [0.717, 1.165) is 33.4 Å². The van der Waals surface area contributed by atoms with Gasteiger partial charge in [-0.15, -0.1) is 11.3 Å². The molecule has 0 aliphatic carbocycles. The molecule has 0 spiro atoms. The van der Waals surface area contributed by atoms with Crippen molar-refractivity contribution < 1.29 is 22.3 Å². The SMILES string of the molecule is CC(C)Oc1cccc(CCCNC(=O)CN(c2ccc(F)cc2)S(=O)(=O)c2cccs2)c1. The van der Waals surface area contributed by atoms with Crippen molar-refractivity contribution in [3.8, 4) is 5.75 Å². The van der Waals surface area contributed by atoms with E-state index >= 15 is 0 Å². The van der Waals surface area contributed by atoms with E-state index < -0.39 is 28.3 Å². The average Bonchev–Trinajstić information content (AvgIpc) is 3.32. The van der Waals surface area contributed by atoms with Crippen LogP contribution in [0.1, 0.15) is 25.8 Å². The molecule has 0 radical (unpaired) electrons. The quantitative estimate of drug-likeness (QED) is 0.398. The molecule has 0 fully saturated rings. The first-order valence-corrected chi connectivity index (χ1v) is 12.9. The van der Waals surface area contributed by atoms with Crippen molar-refractivity contribution in [1.82, 2.24) is 5.32 Å². The lowest BCUT2D eigenvalue weighted by Crippen LogP contribution is -2.41. The summed E-state index contributed by atoms with van der Waals surface area (Å²) in [6.07, 6.45) is 1.52. The lowest BCUT2D eigenvalue weighted by atomic mass is 10.1. The zero-order valence-corrected chi connectivity index (χ0v) is 20.2. The molecule has 9 heteroatoms. The Kier molecular flexibility index (Phi) is 8.46. The van der Waals surface area contributed by atoms with E-state index in [-0.39, 0.29) is 16.0 Å². The van der Waals surface area contributed by atoms with Crippen LogP contribution in [0.4, 0.5) is 10.1 Å². The molecule has 1 amide bonds. The second kappa shape index (κ2) is 11.3. The van der Waals surface area contributed by atoms with E-state index in [4.69, 9.17) is 4.74 Å². The van der Waals surface area contributed by atoms with Crippen LogP contribution in [0.2, 0.25) is 0 Å². The summed E-state index contributed by atoms with van der Waals surface area (Å²) in [5.74, 6) is -0.115. The van der Waals surface area contributed by atoms with E-state index in [0.29, 0.717) is 13.0 Å². The molecule has 6 nitrogen and oxygen atoms in total. The molecule has 1 aromatic heterocycles. The van der Waals surface area contributed by atoms with Crippen LogP contribution in [-0.4, -0.2) is 33.5 Å². The highest BCUT2D eigenvalue weighted by atomic mass is 32.2. The van der Waals surface area contributed by atoms with Crippen LogP contribution in [0.15, 0.2) is 70.3 Å². The van der Waals surface area contributed by atoms with Crippen LogP contribution in [0.25, 0.3) is 0 Å². The second-order valence-electron chi connectivity index (χ2n) is 7.69. The summed E-state index contributed by atoms with van der Waals surface area (Å²) >= 11 is 1.06. The number of anilines is 1. The summed E-state index contributed by atoms with van der Waals surface area (Å²) in [7, 11) is -3.95. The van der Waals surface area contributed by atoms with Crippen LogP contribution in [-0.2, 0) is 21.2 Å². The number of carbonyl (C=O) groups excluding carboxylic acids is 1. The van der Waals surface area contributed by atoms with Gasteiger partial charge in [-0.1, -0.05) is 18.2 Å². The lowest BCUT2D eigenvalue weighted by molar-refractivity contribution is -0.119. The van der Waals surface area contributed by atoms with Crippen molar-refractivity contribution in [2.24, 2.45) is 0 Å². The number of nitrogens with zero attached hydrogens (tertiary/aromatic N) is 1. The number of aryl methyl sites for hydroxylation is 1. The Labute approximate surface area is 198 Å². The summed E-state index contributed by atoms with van der Waals surface area (Å²) in [6.45, 7) is 3.93. The van der Waals surface area contributed by atoms with Gasteiger partial charge in [-0.25, -0.2) is 12.8 Å². The highest BCUT2D eigenvalue weighted by molar-refractivity contribution is 7.94. The summed E-state index contributed by atoms with van der Waals surface area (Å²) in [4.78, 5) is 12.6. The van der Waals surface area contributed by atoms with Crippen molar-refractivity contribution in [3.63, 3.8) is 0 Å². The fraction of sp³-hybridized carbons (Fsp3) is 0.292. The summed E-state index contributed by atoms with van der Waals surface area (Å²) in [5, 5.41) is 4.43. The molecular formula is C24H27FN2O4S2. The van der Waals surface area contributed by atoms with Crippen molar-refractivity contribution in [2.75, 3.05) is 17.4 Å². The van der Waals surface area contributed by atoms with E-state index in [9.17, 15) is 17.6 Å². The molecule has 0 saturated carbocycles. The first-order valence-electron chi connectivity index (χ1n) is 10.6. The highest BCUT2D eigenvalue weighted by Crippen LogP contribution is 2.26. The van der Waals surface area contributed by atoms with E-state index in [2.05, 4.69) is 5.32 Å². The number of halogens is 1. The van der Waals surface area contributed by atoms with Crippen LogP contribution in [0.5, 0.6) is 5.75 Å². The molecule has 0 aliphatic heterocycles. The second-order valence-corrected chi connectivity index (χ2v) is 10.7. The Bertz CT molecular complexity index is 1150. The number of amides is 1. The van der Waals surface area contributed by atoms with Gasteiger partial charge in [0, 0.05) is 6.54 Å². The predicted molar refractivity (Wildman–Crippen MR) is 129 cm³/mol. The Balaban J connectivity index is 1.60. The van der Waals surface area contributed by atoms with Crippen molar-refractivity contribution in [3.05, 3.63) is 77.4 Å². The fourth-order valence-corrected chi connectivity index (χ4v) is 5.72. The third kappa shape index (κ3) is 7.03. The monoisotopic (exact) mass is 490 g/mol. The standard InChI is InChI=1S/C24H27FN2O4S2/c1-18(2)31-22-8-3-6-19(16-22)7-4-14-26-23(28)17-27(21-12-10-20(25)11-13-21)33(29,30)24-9-5-15-32-24/h3,5-6,8-13,15-16,18H,4,7,14,17H2,1-2H3,(H,26,28). The molecule has 33 heavy (non-hydrogen) atoms. The number of carbonyl (C=O) groups is 1. The molecule has 0 atom stereocenters. The number of ether oxygens (including phenoxy) is 1. The smallest absolute Gasteiger partial charge is 0.274 e. The largest absolute Gasteiger partial charge is 0.491 e. The van der Waals surface area contributed by atoms with Gasteiger partial charge in [-0.05, 0) is 80.1 Å². The first-order chi connectivity index (χ1) is 15.8. The van der Waals surface area contributed by atoms with Gasteiger partial charge in [0.05, 0.1) is 11.8 Å². The topological polar surface area (TPSA) is 75.7 Å². The third-order valence-corrected chi connectivity index (χ3v) is 7.82. The van der Waals surface area contributed by atoms with Crippen molar-refractivity contribution >= 4 is 33.0 Å². The zero-order chi connectivity index (χ0) is 23.8. The first kappa shape index (κ1) is 24.7. The fourth-order valence-electron chi connectivity index (χ4n) is 3.19. The molecule has 1 N–H and O–H groups in total. The van der Waals surface area contributed by atoms with Gasteiger partial charge in [0.15, 0.2) is 0 Å². The van der Waals surface area contributed by atoms with Crippen molar-refractivity contribution in [1.29, 1.82) is 0 Å². The normalized spacial score (nSPS) is 11.4. The third-order valence-electron chi connectivity index (χ3n) is 4.68. The van der Waals surface area contributed by atoms with E-state index in [1.807, 2.05) is 38.1 Å². The predicted octanol–water partition coefficient (Wildman–Crippen LogP) is 4.62. The molecule has 3 aromatic rings. The maximum Gasteiger partial charge on any atom is 0.274 e. The van der Waals surface area contributed by atoms with Gasteiger partial charge in [-0.3, -0.25) is 9.10 Å². The van der Waals surface area contributed by atoms with Crippen LogP contribution in [0.3, 0.4) is 0 Å². The van der Waals surface area contributed by atoms with Gasteiger partial charge >= 0.3 is 0 Å². The maximum absolute atomic E-state index is 13.4. The number of nitrogens with one attached hydrogen (secondary N) is 1. The minimum Gasteiger partial charge on any atom is -0.491 e. The van der Waals surface area contributed by atoms with E-state index in [1.165, 1.54) is 30.3 Å². The maximum atomic E-state index is 13.4. The molecule has 2 aromatic carbocycles. The average molecular weight is 491 g/mol. The minimum atomic E-state index is -3.95. The number of thiophene rings is 1. The number of rotatable bonds is 11. The molecule has 176 valence electrons. The van der Waals surface area contributed by atoms with Crippen LogP contribution in [0, 0.1) is 5.82 Å². The Morgan fingerprint density at radius 1 is 1.12 bits per heavy atom. The van der Waals surface area contributed by atoms with Gasteiger partial charge < -0.3 is 10.1 Å². The lowest BCUT2D eigenvalue weighted by Gasteiger charge is -2.23. The summed E-state index contributed by atoms with van der Waals surface area (Å²) < 4.78 is 46.4. The summed E-state index contributed by atoms with van der Waals surface area (Å²) in [5.41, 5.74) is 1.32. The Morgan fingerprint density at radius 2 is 1.88 bits per heavy atom. The Hall–Kier alpha value is -2.91. The Morgan fingerprint density at radius 3 is 2.55 bits per heavy atom. The number of benzene rings is 2. The van der Waals surface area contributed by atoms with Crippen LogP contribution >= 0.6 is 11.3 Å². The van der Waals surface area contributed by atoms with Crippen LogP contribution < -0.4 is 14.4 Å². The number of sulfonamides is 1. The summed E-state index contributed by atoms with van der Waals surface area (Å²) in [6, 6.07) is 15.9. The molecule has 0 unspecified atom stereocenters. The zero-order valence-electron chi connectivity index (χ0n) is 18.5. The van der Waals surface area contributed by atoms with E-state index in [1.54, 1.807) is 11.4 Å². The molecule has 0 saturated heterocycles. The molecular weight excluding hydrogens is 463 g/mol. The highest BCUT2D eigenvalue weighted by Gasteiger charge is 2.28. The minimum absolute atomic E-state index is 0.0917. The van der Waals surface area contributed by atoms with Gasteiger partial charge in [0.1, 0.15) is 22.3 Å². The number of hydrogen-bond donors (Lipinski definition) is 1. The molecule has 0 aliphatic rings. The van der Waals surface area contributed by atoms with Gasteiger partial charge in [0.2, 0.25) is 5.91 Å². The molecule has 1 heterocycles. The molecule has 3 rings (SSSR count). The van der Waals surface area contributed by atoms with Crippen molar-refractivity contribution in [2.45, 2.75) is 37.0 Å². The van der Waals surface area contributed by atoms with Gasteiger partial charge in [0.25, 0.3) is 10.0 Å².